The molecule has 0 atom stereocenters. The Balaban J connectivity index is 1.58. The van der Waals surface area contributed by atoms with Crippen LogP contribution in [-0.2, 0) is 4.74 Å². The van der Waals surface area contributed by atoms with Crippen LogP contribution in [0, 0.1) is 6.92 Å². The highest BCUT2D eigenvalue weighted by Gasteiger charge is 2.17. The fraction of sp³-hybridized carbons (Fsp3) is 0.158. The van der Waals surface area contributed by atoms with Gasteiger partial charge in [-0.05, 0) is 19.1 Å². The van der Waals surface area contributed by atoms with Gasteiger partial charge in [-0.2, -0.15) is 0 Å². The van der Waals surface area contributed by atoms with Gasteiger partial charge in [-0.3, -0.25) is 0 Å². The van der Waals surface area contributed by atoms with Crippen molar-refractivity contribution >= 4 is 40.5 Å². The SMILES string of the molecule is Cc1nc(-c2ccccc2)sc1C(=O)OCCOc1c(Cl)cccc1Cl. The molecule has 3 aromatic rings. The molecule has 0 bridgehead atoms. The molecule has 3 rings (SSSR count). The second-order valence-corrected chi connectivity index (χ2v) is 7.15. The molecule has 0 N–H and O–H groups in total. The molecular weight excluding hydrogens is 393 g/mol. The van der Waals surface area contributed by atoms with Gasteiger partial charge in [0.15, 0.2) is 5.75 Å². The number of para-hydroxylation sites is 1. The van der Waals surface area contributed by atoms with Crippen molar-refractivity contribution in [2.75, 3.05) is 13.2 Å². The minimum Gasteiger partial charge on any atom is -0.487 e. The Labute approximate surface area is 165 Å². The molecule has 0 aliphatic heterocycles. The molecule has 0 aliphatic carbocycles. The van der Waals surface area contributed by atoms with Gasteiger partial charge in [0.2, 0.25) is 0 Å². The van der Waals surface area contributed by atoms with E-state index < -0.39 is 5.97 Å². The summed E-state index contributed by atoms with van der Waals surface area (Å²) in [6, 6.07) is 14.8. The van der Waals surface area contributed by atoms with E-state index in [1.807, 2.05) is 30.3 Å². The van der Waals surface area contributed by atoms with Crippen LogP contribution in [0.1, 0.15) is 15.4 Å². The number of carbonyl (C=O) groups is 1. The summed E-state index contributed by atoms with van der Waals surface area (Å²) in [5.41, 5.74) is 1.62. The number of halogens is 2. The summed E-state index contributed by atoms with van der Waals surface area (Å²) >= 11 is 13.4. The molecule has 0 aliphatic rings. The van der Waals surface area contributed by atoms with Crippen LogP contribution in [0.3, 0.4) is 0 Å². The lowest BCUT2D eigenvalue weighted by atomic mass is 10.2. The maximum Gasteiger partial charge on any atom is 0.350 e. The van der Waals surface area contributed by atoms with Crippen LogP contribution >= 0.6 is 34.5 Å². The lowest BCUT2D eigenvalue weighted by Crippen LogP contribution is -2.12. The number of rotatable bonds is 6. The summed E-state index contributed by atoms with van der Waals surface area (Å²) in [6.07, 6.45) is 0. The van der Waals surface area contributed by atoms with Crippen molar-refractivity contribution in [3.8, 4) is 16.3 Å². The first kappa shape index (κ1) is 18.7. The third-order valence-corrected chi connectivity index (χ3v) is 5.27. The molecule has 0 unspecified atom stereocenters. The number of nitrogens with zero attached hydrogens (tertiary/aromatic N) is 1. The molecule has 4 nitrogen and oxygen atoms in total. The summed E-state index contributed by atoms with van der Waals surface area (Å²) in [7, 11) is 0. The van der Waals surface area contributed by atoms with Crippen LogP contribution in [-0.4, -0.2) is 24.2 Å². The van der Waals surface area contributed by atoms with Gasteiger partial charge in [0.25, 0.3) is 0 Å². The maximum absolute atomic E-state index is 12.3. The molecule has 2 aromatic carbocycles. The fourth-order valence-electron chi connectivity index (χ4n) is 2.25. The zero-order chi connectivity index (χ0) is 18.5. The van der Waals surface area contributed by atoms with Gasteiger partial charge in [0.1, 0.15) is 23.1 Å². The molecular formula is C19H15Cl2NO3S. The van der Waals surface area contributed by atoms with Crippen LogP contribution in [0.4, 0.5) is 0 Å². The largest absolute Gasteiger partial charge is 0.487 e. The lowest BCUT2D eigenvalue weighted by molar-refractivity contribution is 0.0455. The summed E-state index contributed by atoms with van der Waals surface area (Å²) in [4.78, 5) is 17.2. The van der Waals surface area contributed by atoms with Crippen molar-refractivity contribution in [3.05, 3.63) is 69.1 Å². The van der Waals surface area contributed by atoms with E-state index in [2.05, 4.69) is 4.98 Å². The Hall–Kier alpha value is -2.08. The number of hydrogen-bond donors (Lipinski definition) is 0. The third-order valence-electron chi connectivity index (χ3n) is 3.48. The smallest absolute Gasteiger partial charge is 0.350 e. The van der Waals surface area contributed by atoms with Gasteiger partial charge in [-0.15, -0.1) is 11.3 Å². The van der Waals surface area contributed by atoms with Gasteiger partial charge < -0.3 is 9.47 Å². The summed E-state index contributed by atoms with van der Waals surface area (Å²) < 4.78 is 10.8. The average molecular weight is 408 g/mol. The molecule has 7 heteroatoms. The second-order valence-electron chi connectivity index (χ2n) is 5.33. The number of esters is 1. The summed E-state index contributed by atoms with van der Waals surface area (Å²) in [5.74, 6) is -0.0387. The van der Waals surface area contributed by atoms with E-state index in [-0.39, 0.29) is 13.2 Å². The van der Waals surface area contributed by atoms with Gasteiger partial charge >= 0.3 is 5.97 Å². The minimum atomic E-state index is -0.420. The number of thiazole rings is 1. The Morgan fingerprint density at radius 3 is 2.42 bits per heavy atom. The third kappa shape index (κ3) is 4.36. The number of aromatic nitrogens is 1. The van der Waals surface area contributed by atoms with E-state index in [1.165, 1.54) is 11.3 Å². The Morgan fingerprint density at radius 2 is 1.73 bits per heavy atom. The number of carbonyl (C=O) groups excluding carboxylic acids is 1. The van der Waals surface area contributed by atoms with Crippen LogP contribution in [0.15, 0.2) is 48.5 Å². The number of hydrogen-bond acceptors (Lipinski definition) is 5. The first-order valence-corrected chi connectivity index (χ1v) is 9.40. The molecule has 0 amide bonds. The van der Waals surface area contributed by atoms with Crippen LogP contribution < -0.4 is 4.74 Å². The number of aryl methyl sites for hydroxylation is 1. The summed E-state index contributed by atoms with van der Waals surface area (Å²) in [5, 5.41) is 1.61. The van der Waals surface area contributed by atoms with Gasteiger partial charge in [0, 0.05) is 5.56 Å². The molecule has 0 saturated heterocycles. The van der Waals surface area contributed by atoms with E-state index in [0.717, 1.165) is 10.6 Å². The predicted octanol–water partition coefficient (Wildman–Crippen LogP) is 5.66. The van der Waals surface area contributed by atoms with Crippen molar-refractivity contribution in [1.82, 2.24) is 4.98 Å². The highest BCUT2D eigenvalue weighted by molar-refractivity contribution is 7.17. The van der Waals surface area contributed by atoms with Crippen molar-refractivity contribution in [2.45, 2.75) is 6.92 Å². The van der Waals surface area contributed by atoms with Gasteiger partial charge in [0.05, 0.1) is 15.7 Å². The summed E-state index contributed by atoms with van der Waals surface area (Å²) in [6.45, 7) is 2.02. The Kier molecular flexibility index (Phi) is 6.14. The van der Waals surface area contributed by atoms with Crippen LogP contribution in [0.2, 0.25) is 10.0 Å². The zero-order valence-electron chi connectivity index (χ0n) is 13.9. The predicted molar refractivity (Wildman–Crippen MR) is 105 cm³/mol. The number of ether oxygens (including phenoxy) is 2. The van der Waals surface area contributed by atoms with Crippen molar-refractivity contribution in [1.29, 1.82) is 0 Å². The van der Waals surface area contributed by atoms with Crippen molar-refractivity contribution in [3.63, 3.8) is 0 Å². The normalized spacial score (nSPS) is 10.6. The second kappa shape index (κ2) is 8.54. The highest BCUT2D eigenvalue weighted by Crippen LogP contribution is 2.32. The van der Waals surface area contributed by atoms with Gasteiger partial charge in [-0.25, -0.2) is 9.78 Å². The fourth-order valence-corrected chi connectivity index (χ4v) is 3.73. The van der Waals surface area contributed by atoms with Crippen molar-refractivity contribution in [2.24, 2.45) is 0 Å². The van der Waals surface area contributed by atoms with Crippen molar-refractivity contribution < 1.29 is 14.3 Å². The van der Waals surface area contributed by atoms with Gasteiger partial charge in [-0.1, -0.05) is 59.6 Å². The van der Waals surface area contributed by atoms with E-state index >= 15 is 0 Å². The lowest BCUT2D eigenvalue weighted by Gasteiger charge is -2.09. The average Bonchev–Trinajstić information content (AvgIpc) is 3.03. The molecule has 134 valence electrons. The molecule has 0 fully saturated rings. The molecule has 0 radical (unpaired) electrons. The van der Waals surface area contributed by atoms with Crippen LogP contribution in [0.25, 0.3) is 10.6 Å². The first-order valence-electron chi connectivity index (χ1n) is 7.83. The topological polar surface area (TPSA) is 48.4 Å². The molecule has 0 spiro atoms. The highest BCUT2D eigenvalue weighted by atomic mass is 35.5. The number of benzene rings is 2. The quantitative estimate of drug-likeness (QED) is 0.390. The van der Waals surface area contributed by atoms with E-state index in [0.29, 0.717) is 26.4 Å². The molecule has 0 saturated carbocycles. The molecule has 1 aromatic heterocycles. The van der Waals surface area contributed by atoms with E-state index in [1.54, 1.807) is 25.1 Å². The molecule has 26 heavy (non-hydrogen) atoms. The standard InChI is InChI=1S/C19H15Cl2NO3S/c1-12-17(26-18(22-12)13-6-3-2-4-7-13)19(23)25-11-10-24-16-14(20)8-5-9-15(16)21/h2-9H,10-11H2,1H3. The first-order chi connectivity index (χ1) is 12.6. The van der Waals surface area contributed by atoms with E-state index in [9.17, 15) is 4.79 Å². The van der Waals surface area contributed by atoms with E-state index in [4.69, 9.17) is 32.7 Å². The Bertz CT molecular complexity index is 892. The Morgan fingerprint density at radius 1 is 1.04 bits per heavy atom. The minimum absolute atomic E-state index is 0.0817. The monoisotopic (exact) mass is 407 g/mol. The molecule has 1 heterocycles. The maximum atomic E-state index is 12.3. The van der Waals surface area contributed by atoms with Crippen LogP contribution in [0.5, 0.6) is 5.75 Å². The zero-order valence-corrected chi connectivity index (χ0v) is 16.2.